The summed E-state index contributed by atoms with van der Waals surface area (Å²) in [7, 11) is 1.56. The van der Waals surface area contributed by atoms with E-state index < -0.39 is 11.7 Å². The Balaban J connectivity index is 3.26. The van der Waals surface area contributed by atoms with E-state index in [1.54, 1.807) is 7.05 Å². The fourth-order valence-electron chi connectivity index (χ4n) is 1.87. The number of aromatic nitrogens is 1. The van der Waals surface area contributed by atoms with Crippen LogP contribution in [0.5, 0.6) is 0 Å². The first kappa shape index (κ1) is 15.6. The minimum absolute atomic E-state index is 0.144. The molecule has 0 bridgehead atoms. The largest absolute Gasteiger partial charge is 0.416 e. The molecule has 0 saturated heterocycles. The number of alkyl halides is 3. The summed E-state index contributed by atoms with van der Waals surface area (Å²) < 4.78 is 38.6. The highest BCUT2D eigenvalue weighted by Crippen LogP contribution is 2.33. The highest BCUT2D eigenvalue weighted by molar-refractivity contribution is 5.51. The van der Waals surface area contributed by atoms with Crippen LogP contribution in [0.3, 0.4) is 0 Å². The minimum Gasteiger partial charge on any atom is -0.373 e. The zero-order chi connectivity index (χ0) is 14.6. The molecule has 0 aliphatic heterocycles. The Morgan fingerprint density at radius 1 is 1.32 bits per heavy atom. The number of rotatable bonds is 5. The van der Waals surface area contributed by atoms with Crippen molar-refractivity contribution in [2.24, 2.45) is 0 Å². The number of nitrogens with one attached hydrogen (secondary N) is 1. The molecule has 0 aliphatic carbocycles. The minimum atomic E-state index is -4.36. The van der Waals surface area contributed by atoms with Gasteiger partial charge in [-0.2, -0.15) is 13.2 Å². The number of hydrogen-bond donors (Lipinski definition) is 1. The van der Waals surface area contributed by atoms with Gasteiger partial charge in [0.2, 0.25) is 0 Å². The van der Waals surface area contributed by atoms with Gasteiger partial charge in [0.25, 0.3) is 0 Å². The summed E-state index contributed by atoms with van der Waals surface area (Å²) in [6, 6.07) is 2.27. The molecular weight excluding hydrogens is 255 g/mol. The summed E-state index contributed by atoms with van der Waals surface area (Å²) in [6.07, 6.45) is -3.52. The van der Waals surface area contributed by atoms with E-state index in [4.69, 9.17) is 0 Å². The molecule has 19 heavy (non-hydrogen) atoms. The monoisotopic (exact) mass is 275 g/mol. The van der Waals surface area contributed by atoms with Crippen molar-refractivity contribution < 1.29 is 13.2 Å². The average Bonchev–Trinajstić information content (AvgIpc) is 2.37. The number of hydrogen-bond acceptors (Lipinski definition) is 3. The Bertz CT molecular complexity index is 418. The molecule has 0 fully saturated rings. The molecule has 1 N–H and O–H groups in total. The maximum Gasteiger partial charge on any atom is 0.416 e. The molecule has 0 aliphatic rings. The lowest BCUT2D eigenvalue weighted by molar-refractivity contribution is -0.137. The molecule has 0 spiro atoms. The zero-order valence-corrected chi connectivity index (χ0v) is 11.7. The van der Waals surface area contributed by atoms with E-state index in [0.29, 0.717) is 12.4 Å². The van der Waals surface area contributed by atoms with Crippen LogP contribution in [0.25, 0.3) is 0 Å². The van der Waals surface area contributed by atoms with Gasteiger partial charge in [0, 0.05) is 19.6 Å². The first-order valence-corrected chi connectivity index (χ1v) is 6.37. The Labute approximate surface area is 111 Å². The van der Waals surface area contributed by atoms with Gasteiger partial charge in [-0.25, -0.2) is 4.98 Å². The second kappa shape index (κ2) is 6.12. The normalized spacial score (nSPS) is 13.2. The van der Waals surface area contributed by atoms with Crippen molar-refractivity contribution >= 4 is 11.6 Å². The van der Waals surface area contributed by atoms with Crippen LogP contribution in [0.2, 0.25) is 0 Å². The van der Waals surface area contributed by atoms with Crippen molar-refractivity contribution in [3.05, 3.63) is 17.7 Å². The first-order chi connectivity index (χ1) is 8.83. The van der Waals surface area contributed by atoms with Gasteiger partial charge in [0.1, 0.15) is 11.6 Å². The van der Waals surface area contributed by atoms with Crippen LogP contribution in [0, 0.1) is 0 Å². The highest BCUT2D eigenvalue weighted by atomic mass is 19.4. The van der Waals surface area contributed by atoms with Crippen molar-refractivity contribution in [3.8, 4) is 0 Å². The molecule has 1 unspecified atom stereocenters. The molecule has 1 atom stereocenters. The Morgan fingerprint density at radius 3 is 2.37 bits per heavy atom. The number of pyridine rings is 1. The van der Waals surface area contributed by atoms with E-state index in [-0.39, 0.29) is 11.9 Å². The third-order valence-corrected chi connectivity index (χ3v) is 3.15. The second-order valence-electron chi connectivity index (χ2n) is 4.39. The Morgan fingerprint density at radius 2 is 1.95 bits per heavy atom. The quantitative estimate of drug-likeness (QED) is 0.886. The van der Waals surface area contributed by atoms with E-state index in [0.717, 1.165) is 18.6 Å². The van der Waals surface area contributed by atoms with Gasteiger partial charge >= 0.3 is 6.18 Å². The van der Waals surface area contributed by atoms with Gasteiger partial charge in [-0.15, -0.1) is 0 Å². The van der Waals surface area contributed by atoms with Crippen molar-refractivity contribution in [2.45, 2.75) is 39.4 Å². The molecule has 1 aromatic rings. The molecule has 1 rings (SSSR count). The van der Waals surface area contributed by atoms with Gasteiger partial charge in [0.05, 0.1) is 5.56 Å². The van der Waals surface area contributed by atoms with Crippen LogP contribution >= 0.6 is 0 Å². The summed E-state index contributed by atoms with van der Waals surface area (Å²) >= 11 is 0. The maximum atomic E-state index is 12.9. The number of nitrogens with zero attached hydrogens (tertiary/aromatic N) is 2. The smallest absolute Gasteiger partial charge is 0.373 e. The summed E-state index contributed by atoms with van der Waals surface area (Å²) in [5.41, 5.74) is -0.677. The van der Waals surface area contributed by atoms with Crippen LogP contribution in [0.4, 0.5) is 24.8 Å². The SMILES string of the molecule is CCC(C)N(CC)c1cc(C(F)(F)F)cc(NC)n1. The summed E-state index contributed by atoms with van der Waals surface area (Å²) in [4.78, 5) is 6.09. The maximum absolute atomic E-state index is 12.9. The first-order valence-electron chi connectivity index (χ1n) is 6.37. The van der Waals surface area contributed by atoms with Gasteiger partial charge in [-0.1, -0.05) is 6.92 Å². The Kier molecular flexibility index (Phi) is 5.03. The van der Waals surface area contributed by atoms with E-state index in [1.165, 1.54) is 0 Å². The molecule has 3 nitrogen and oxygen atoms in total. The summed E-state index contributed by atoms with van der Waals surface area (Å²) in [6.45, 7) is 6.50. The third-order valence-electron chi connectivity index (χ3n) is 3.15. The standard InChI is InChI=1S/C13H20F3N3/c1-5-9(3)19(6-2)12-8-10(13(14,15)16)7-11(17-4)18-12/h7-9H,5-6H2,1-4H3,(H,17,18). The average molecular weight is 275 g/mol. The lowest BCUT2D eigenvalue weighted by Gasteiger charge is -2.29. The number of halogens is 3. The van der Waals surface area contributed by atoms with E-state index in [9.17, 15) is 13.2 Å². The molecule has 0 radical (unpaired) electrons. The summed E-state index contributed by atoms with van der Waals surface area (Å²) in [5, 5.41) is 2.68. The Hall–Kier alpha value is -1.46. The van der Waals surface area contributed by atoms with E-state index in [2.05, 4.69) is 10.3 Å². The molecule has 108 valence electrons. The molecular formula is C13H20F3N3. The fourth-order valence-corrected chi connectivity index (χ4v) is 1.87. The van der Waals surface area contributed by atoms with E-state index >= 15 is 0 Å². The molecule has 1 heterocycles. The van der Waals surface area contributed by atoms with Gasteiger partial charge in [-0.3, -0.25) is 0 Å². The van der Waals surface area contributed by atoms with Crippen LogP contribution < -0.4 is 10.2 Å². The summed E-state index contributed by atoms with van der Waals surface area (Å²) in [5.74, 6) is 0.586. The van der Waals surface area contributed by atoms with Gasteiger partial charge in [-0.05, 0) is 32.4 Å². The van der Waals surface area contributed by atoms with Gasteiger partial charge < -0.3 is 10.2 Å². The highest BCUT2D eigenvalue weighted by Gasteiger charge is 2.32. The zero-order valence-electron chi connectivity index (χ0n) is 11.7. The predicted molar refractivity (Wildman–Crippen MR) is 71.6 cm³/mol. The topological polar surface area (TPSA) is 28.2 Å². The molecule has 0 saturated carbocycles. The van der Waals surface area contributed by atoms with Crippen molar-refractivity contribution in [2.75, 3.05) is 23.8 Å². The van der Waals surface area contributed by atoms with Crippen LogP contribution in [0.1, 0.15) is 32.8 Å². The fraction of sp³-hybridized carbons (Fsp3) is 0.615. The van der Waals surface area contributed by atoms with Crippen LogP contribution in [-0.4, -0.2) is 24.6 Å². The molecule has 0 aromatic carbocycles. The van der Waals surface area contributed by atoms with Crippen molar-refractivity contribution in [3.63, 3.8) is 0 Å². The molecule has 0 amide bonds. The second-order valence-corrected chi connectivity index (χ2v) is 4.39. The molecule has 1 aromatic heterocycles. The predicted octanol–water partition coefficient (Wildman–Crippen LogP) is 3.77. The third kappa shape index (κ3) is 3.75. The lowest BCUT2D eigenvalue weighted by atomic mass is 10.2. The number of anilines is 2. The van der Waals surface area contributed by atoms with Crippen molar-refractivity contribution in [1.82, 2.24) is 4.98 Å². The van der Waals surface area contributed by atoms with Gasteiger partial charge in [0.15, 0.2) is 0 Å². The molecule has 6 heteroatoms. The lowest BCUT2D eigenvalue weighted by Crippen LogP contribution is -2.33. The van der Waals surface area contributed by atoms with Crippen molar-refractivity contribution in [1.29, 1.82) is 0 Å². The van der Waals surface area contributed by atoms with Crippen LogP contribution in [-0.2, 0) is 6.18 Å². The van der Waals surface area contributed by atoms with E-state index in [1.807, 2.05) is 25.7 Å². The van der Waals surface area contributed by atoms with Crippen LogP contribution in [0.15, 0.2) is 12.1 Å².